The van der Waals surface area contributed by atoms with E-state index in [4.69, 9.17) is 11.6 Å². The molecule has 0 spiro atoms. The Morgan fingerprint density at radius 2 is 1.47 bits per heavy atom. The highest BCUT2D eigenvalue weighted by molar-refractivity contribution is 7.92. The van der Waals surface area contributed by atoms with Crippen LogP contribution in [0.1, 0.15) is 42.5 Å². The summed E-state index contributed by atoms with van der Waals surface area (Å²) < 4.78 is 29.5. The van der Waals surface area contributed by atoms with E-state index in [0.29, 0.717) is 22.7 Å². The largest absolute Gasteiger partial charge is 0.352 e. The molecule has 1 N–H and O–H groups in total. The van der Waals surface area contributed by atoms with Crippen molar-refractivity contribution in [1.29, 1.82) is 0 Å². The van der Waals surface area contributed by atoms with Crippen LogP contribution in [0.25, 0.3) is 0 Å². The molecule has 0 saturated heterocycles. The van der Waals surface area contributed by atoms with E-state index < -0.39 is 28.5 Å². The first kappa shape index (κ1) is 33.7. The molecule has 0 fully saturated rings. The van der Waals surface area contributed by atoms with E-state index in [-0.39, 0.29) is 29.8 Å². The van der Waals surface area contributed by atoms with Gasteiger partial charge in [0.15, 0.2) is 0 Å². The van der Waals surface area contributed by atoms with Gasteiger partial charge in [-0.3, -0.25) is 13.9 Å². The highest BCUT2D eigenvalue weighted by atomic mass is 35.5. The number of anilines is 1. The van der Waals surface area contributed by atoms with Crippen LogP contribution in [0.15, 0.2) is 108 Å². The summed E-state index contributed by atoms with van der Waals surface area (Å²) in [5.41, 5.74) is 3.50. The second-order valence-corrected chi connectivity index (χ2v) is 13.4. The molecular formula is C36H40ClN3O4S. The maximum absolute atomic E-state index is 14.6. The minimum Gasteiger partial charge on any atom is -0.352 e. The van der Waals surface area contributed by atoms with Gasteiger partial charge in [0.25, 0.3) is 10.0 Å². The van der Waals surface area contributed by atoms with Gasteiger partial charge in [-0.1, -0.05) is 97.4 Å². The molecule has 0 aliphatic carbocycles. The molecule has 0 radical (unpaired) electrons. The molecule has 0 bridgehead atoms. The van der Waals surface area contributed by atoms with Crippen LogP contribution in [-0.2, 0) is 32.6 Å². The Kier molecular flexibility index (Phi) is 11.4. The number of rotatable bonds is 13. The van der Waals surface area contributed by atoms with Crippen molar-refractivity contribution in [2.75, 3.05) is 10.8 Å². The summed E-state index contributed by atoms with van der Waals surface area (Å²) in [5, 5.41) is 3.44. The monoisotopic (exact) mass is 645 g/mol. The summed E-state index contributed by atoms with van der Waals surface area (Å²) in [7, 11) is -4.20. The van der Waals surface area contributed by atoms with Crippen LogP contribution in [-0.4, -0.2) is 43.8 Å². The predicted molar refractivity (Wildman–Crippen MR) is 181 cm³/mol. The zero-order chi connectivity index (χ0) is 32.6. The number of amides is 2. The fourth-order valence-corrected chi connectivity index (χ4v) is 6.73. The molecule has 0 heterocycles. The molecule has 236 valence electrons. The number of halogens is 1. The average molecular weight is 646 g/mol. The zero-order valence-electron chi connectivity index (χ0n) is 26.1. The fourth-order valence-electron chi connectivity index (χ4n) is 5.07. The third-order valence-electron chi connectivity index (χ3n) is 7.99. The molecule has 2 atom stereocenters. The zero-order valence-corrected chi connectivity index (χ0v) is 27.7. The van der Waals surface area contributed by atoms with Crippen molar-refractivity contribution < 1.29 is 18.0 Å². The van der Waals surface area contributed by atoms with E-state index in [0.717, 1.165) is 21.0 Å². The first-order valence-corrected chi connectivity index (χ1v) is 16.9. The molecular weight excluding hydrogens is 606 g/mol. The Morgan fingerprint density at radius 1 is 0.844 bits per heavy atom. The summed E-state index contributed by atoms with van der Waals surface area (Å²) in [4.78, 5) is 30.1. The maximum atomic E-state index is 14.6. The Morgan fingerprint density at radius 3 is 2.11 bits per heavy atom. The molecule has 2 amide bonds. The van der Waals surface area contributed by atoms with Gasteiger partial charge in [0.2, 0.25) is 11.8 Å². The van der Waals surface area contributed by atoms with Crippen molar-refractivity contribution >= 4 is 39.1 Å². The van der Waals surface area contributed by atoms with Crippen LogP contribution in [0, 0.1) is 13.8 Å². The SMILES string of the molecule is CCC(C)NC(=O)C(Cc1ccccc1)N(Cc1ccccc1C)C(=O)CN(c1cccc(Cl)c1C)S(=O)(=O)c1ccccc1. The summed E-state index contributed by atoms with van der Waals surface area (Å²) in [6.45, 7) is 7.15. The molecule has 9 heteroatoms. The Balaban J connectivity index is 1.84. The lowest BCUT2D eigenvalue weighted by molar-refractivity contribution is -0.140. The highest BCUT2D eigenvalue weighted by Crippen LogP contribution is 2.31. The minimum absolute atomic E-state index is 0.0398. The van der Waals surface area contributed by atoms with Crippen LogP contribution in [0.4, 0.5) is 5.69 Å². The molecule has 2 unspecified atom stereocenters. The van der Waals surface area contributed by atoms with Crippen molar-refractivity contribution in [3.8, 4) is 0 Å². The lowest BCUT2D eigenvalue weighted by Crippen LogP contribution is -2.54. The second-order valence-electron chi connectivity index (χ2n) is 11.2. The van der Waals surface area contributed by atoms with Crippen molar-refractivity contribution in [1.82, 2.24) is 10.2 Å². The standard InChI is InChI=1S/C36H40ClN3O4S/c1-5-27(3)38-36(42)34(23-29-16-8-6-9-17-29)39(24-30-18-13-12-15-26(30)2)35(41)25-40(33-22-14-21-32(37)28(33)4)45(43,44)31-19-10-7-11-20-31/h6-22,27,34H,5,23-25H2,1-4H3,(H,38,42). The molecule has 7 nitrogen and oxygen atoms in total. The lowest BCUT2D eigenvalue weighted by Gasteiger charge is -2.35. The molecule has 0 aromatic heterocycles. The highest BCUT2D eigenvalue weighted by Gasteiger charge is 2.35. The number of carbonyl (C=O) groups excluding carboxylic acids is 2. The molecule has 0 aliphatic rings. The quantitative estimate of drug-likeness (QED) is 0.175. The van der Waals surface area contributed by atoms with Crippen LogP contribution < -0.4 is 9.62 Å². The van der Waals surface area contributed by atoms with Gasteiger partial charge in [0.05, 0.1) is 10.6 Å². The number of nitrogens with one attached hydrogen (secondary N) is 1. The predicted octanol–water partition coefficient (Wildman–Crippen LogP) is 6.71. The summed E-state index contributed by atoms with van der Waals surface area (Å²) in [6, 6.07) is 29.1. The lowest BCUT2D eigenvalue weighted by atomic mass is 10.0. The molecule has 0 aliphatic heterocycles. The van der Waals surface area contributed by atoms with Gasteiger partial charge in [0, 0.05) is 24.0 Å². The van der Waals surface area contributed by atoms with E-state index >= 15 is 0 Å². The Labute approximate surface area is 271 Å². The summed E-state index contributed by atoms with van der Waals surface area (Å²) in [5.74, 6) is -0.816. The van der Waals surface area contributed by atoms with E-state index in [1.165, 1.54) is 17.0 Å². The Bertz CT molecular complexity index is 1720. The number of carbonyl (C=O) groups is 2. The maximum Gasteiger partial charge on any atom is 0.264 e. The van der Waals surface area contributed by atoms with Gasteiger partial charge >= 0.3 is 0 Å². The first-order chi connectivity index (χ1) is 21.5. The van der Waals surface area contributed by atoms with Gasteiger partial charge in [0.1, 0.15) is 12.6 Å². The van der Waals surface area contributed by atoms with E-state index in [9.17, 15) is 18.0 Å². The third kappa shape index (κ3) is 8.32. The van der Waals surface area contributed by atoms with Crippen molar-refractivity contribution in [3.05, 3.63) is 130 Å². The molecule has 45 heavy (non-hydrogen) atoms. The van der Waals surface area contributed by atoms with Gasteiger partial charge in [-0.25, -0.2) is 8.42 Å². The van der Waals surface area contributed by atoms with E-state index in [2.05, 4.69) is 5.32 Å². The molecule has 4 aromatic carbocycles. The fraction of sp³-hybridized carbons (Fsp3) is 0.278. The molecule has 4 aromatic rings. The number of benzene rings is 4. The number of aryl methyl sites for hydroxylation is 1. The van der Waals surface area contributed by atoms with E-state index in [1.807, 2.05) is 75.4 Å². The van der Waals surface area contributed by atoms with Crippen LogP contribution >= 0.6 is 11.6 Å². The first-order valence-electron chi connectivity index (χ1n) is 15.0. The van der Waals surface area contributed by atoms with E-state index in [1.54, 1.807) is 43.3 Å². The summed E-state index contributed by atoms with van der Waals surface area (Å²) >= 11 is 6.45. The van der Waals surface area contributed by atoms with Gasteiger partial charge in [-0.15, -0.1) is 0 Å². The number of nitrogens with zero attached hydrogens (tertiary/aromatic N) is 2. The van der Waals surface area contributed by atoms with Crippen molar-refractivity contribution in [2.45, 2.75) is 64.1 Å². The average Bonchev–Trinajstić information content (AvgIpc) is 3.04. The van der Waals surface area contributed by atoms with Crippen molar-refractivity contribution in [2.24, 2.45) is 0 Å². The van der Waals surface area contributed by atoms with Crippen LogP contribution in [0.2, 0.25) is 5.02 Å². The summed E-state index contributed by atoms with van der Waals surface area (Å²) in [6.07, 6.45) is 0.967. The number of hydrogen-bond donors (Lipinski definition) is 1. The molecule has 4 rings (SSSR count). The third-order valence-corrected chi connectivity index (χ3v) is 10.2. The Hall–Kier alpha value is -4.14. The van der Waals surface area contributed by atoms with Crippen molar-refractivity contribution in [3.63, 3.8) is 0 Å². The topological polar surface area (TPSA) is 86.8 Å². The smallest absolute Gasteiger partial charge is 0.264 e. The van der Waals surface area contributed by atoms with Gasteiger partial charge < -0.3 is 10.2 Å². The normalized spacial score (nSPS) is 12.6. The molecule has 0 saturated carbocycles. The number of sulfonamides is 1. The minimum atomic E-state index is -4.20. The van der Waals surface area contributed by atoms with Gasteiger partial charge in [-0.2, -0.15) is 0 Å². The number of hydrogen-bond acceptors (Lipinski definition) is 4. The van der Waals surface area contributed by atoms with Crippen LogP contribution in [0.5, 0.6) is 0 Å². The van der Waals surface area contributed by atoms with Crippen LogP contribution in [0.3, 0.4) is 0 Å². The second kappa shape index (κ2) is 15.2. The van der Waals surface area contributed by atoms with Gasteiger partial charge in [-0.05, 0) is 73.7 Å².